The van der Waals surface area contributed by atoms with Crippen LogP contribution < -0.4 is 10.1 Å². The molecule has 0 spiro atoms. The molecule has 17 heavy (non-hydrogen) atoms. The summed E-state index contributed by atoms with van der Waals surface area (Å²) in [5, 5.41) is 9.84. The molecule has 0 aliphatic rings. The minimum Gasteiger partial charge on any atom is -0.478 e. The number of anilines is 1. The maximum Gasteiger partial charge on any atom is 0.215 e. The highest BCUT2D eigenvalue weighted by Crippen LogP contribution is 2.16. The Balaban J connectivity index is 2.05. The van der Waals surface area contributed by atoms with E-state index in [0.29, 0.717) is 12.5 Å². The molecule has 0 radical (unpaired) electrons. The summed E-state index contributed by atoms with van der Waals surface area (Å²) >= 11 is 0. The fraction of sp³-hybridized carbons (Fsp3) is 0.364. The van der Waals surface area contributed by atoms with Crippen molar-refractivity contribution in [3.8, 4) is 5.88 Å². The molecule has 1 unspecified atom stereocenters. The Kier molecular flexibility index (Phi) is 3.54. The molecule has 1 atom stereocenters. The third-order valence-corrected chi connectivity index (χ3v) is 2.22. The van der Waals surface area contributed by atoms with Crippen molar-refractivity contribution in [3.63, 3.8) is 0 Å². The molecular weight excluding hydrogens is 218 g/mol. The quantitative estimate of drug-likeness (QED) is 0.823. The van der Waals surface area contributed by atoms with Crippen LogP contribution in [-0.4, -0.2) is 26.8 Å². The van der Waals surface area contributed by atoms with Crippen LogP contribution in [0.3, 0.4) is 0 Å². The third kappa shape index (κ3) is 2.93. The van der Waals surface area contributed by atoms with Crippen LogP contribution in [0.15, 0.2) is 24.5 Å². The van der Waals surface area contributed by atoms with E-state index in [2.05, 4.69) is 25.5 Å². The van der Waals surface area contributed by atoms with Crippen molar-refractivity contribution in [2.45, 2.75) is 19.9 Å². The van der Waals surface area contributed by atoms with Crippen molar-refractivity contribution in [3.05, 3.63) is 30.4 Å². The number of aromatic nitrogens is 4. The molecule has 6 nitrogen and oxygen atoms in total. The van der Waals surface area contributed by atoms with Gasteiger partial charge in [0, 0.05) is 6.07 Å². The van der Waals surface area contributed by atoms with E-state index < -0.39 is 0 Å². The molecule has 0 aromatic carbocycles. The first-order valence-corrected chi connectivity index (χ1v) is 5.51. The molecule has 0 aliphatic heterocycles. The van der Waals surface area contributed by atoms with Crippen molar-refractivity contribution in [2.75, 3.05) is 11.9 Å². The predicted octanol–water partition coefficient (Wildman–Crippen LogP) is 1.77. The summed E-state index contributed by atoms with van der Waals surface area (Å²) in [4.78, 5) is 8.40. The molecule has 2 heterocycles. The third-order valence-electron chi connectivity index (χ3n) is 2.22. The molecule has 0 aliphatic carbocycles. The van der Waals surface area contributed by atoms with Gasteiger partial charge in [0.05, 0.1) is 12.6 Å². The van der Waals surface area contributed by atoms with Gasteiger partial charge in [-0.3, -0.25) is 5.10 Å². The number of H-pyrrole nitrogens is 1. The zero-order chi connectivity index (χ0) is 12.1. The molecule has 0 fully saturated rings. The van der Waals surface area contributed by atoms with E-state index >= 15 is 0 Å². The SMILES string of the molecule is CCOc1cccc(NC(C)c2ncn[nH]2)n1. The highest BCUT2D eigenvalue weighted by molar-refractivity contribution is 5.38. The van der Waals surface area contributed by atoms with E-state index in [0.717, 1.165) is 11.6 Å². The highest BCUT2D eigenvalue weighted by Gasteiger charge is 2.08. The van der Waals surface area contributed by atoms with Gasteiger partial charge in [-0.05, 0) is 19.9 Å². The van der Waals surface area contributed by atoms with Crippen LogP contribution in [-0.2, 0) is 0 Å². The summed E-state index contributed by atoms with van der Waals surface area (Å²) in [6, 6.07) is 5.62. The Morgan fingerprint density at radius 3 is 3.06 bits per heavy atom. The Morgan fingerprint density at radius 1 is 1.47 bits per heavy atom. The largest absolute Gasteiger partial charge is 0.478 e. The van der Waals surface area contributed by atoms with Gasteiger partial charge in [-0.1, -0.05) is 6.07 Å². The Hall–Kier alpha value is -2.11. The molecular formula is C11H15N5O. The summed E-state index contributed by atoms with van der Waals surface area (Å²) in [7, 11) is 0. The molecule has 2 N–H and O–H groups in total. The van der Waals surface area contributed by atoms with E-state index in [4.69, 9.17) is 4.74 Å². The van der Waals surface area contributed by atoms with Gasteiger partial charge in [-0.25, -0.2) is 4.98 Å². The van der Waals surface area contributed by atoms with E-state index in [9.17, 15) is 0 Å². The molecule has 2 aromatic heterocycles. The average Bonchev–Trinajstić information content (AvgIpc) is 2.83. The lowest BCUT2D eigenvalue weighted by molar-refractivity contribution is 0.327. The minimum absolute atomic E-state index is 0.0156. The number of nitrogens with zero attached hydrogens (tertiary/aromatic N) is 3. The van der Waals surface area contributed by atoms with E-state index in [-0.39, 0.29) is 6.04 Å². The first-order chi connectivity index (χ1) is 8.29. The Bertz CT molecular complexity index is 457. The van der Waals surface area contributed by atoms with Crippen LogP contribution >= 0.6 is 0 Å². The van der Waals surface area contributed by atoms with Gasteiger partial charge in [0.1, 0.15) is 18.0 Å². The molecule has 0 saturated heterocycles. The summed E-state index contributed by atoms with van der Waals surface area (Å²) in [5.74, 6) is 2.13. The van der Waals surface area contributed by atoms with Crippen molar-refractivity contribution in [1.82, 2.24) is 20.2 Å². The van der Waals surface area contributed by atoms with Crippen LogP contribution in [0.1, 0.15) is 25.7 Å². The first-order valence-electron chi connectivity index (χ1n) is 5.51. The number of hydrogen-bond acceptors (Lipinski definition) is 5. The number of ether oxygens (including phenoxy) is 1. The van der Waals surface area contributed by atoms with Gasteiger partial charge in [-0.2, -0.15) is 10.1 Å². The first kappa shape index (κ1) is 11.4. The van der Waals surface area contributed by atoms with Crippen LogP contribution in [0, 0.1) is 0 Å². The minimum atomic E-state index is 0.0156. The second-order valence-electron chi connectivity index (χ2n) is 3.53. The van der Waals surface area contributed by atoms with Gasteiger partial charge in [0.25, 0.3) is 0 Å². The second-order valence-corrected chi connectivity index (χ2v) is 3.53. The van der Waals surface area contributed by atoms with Crippen LogP contribution in [0.25, 0.3) is 0 Å². The van der Waals surface area contributed by atoms with Gasteiger partial charge < -0.3 is 10.1 Å². The van der Waals surface area contributed by atoms with Crippen molar-refractivity contribution in [1.29, 1.82) is 0 Å². The van der Waals surface area contributed by atoms with Crippen LogP contribution in [0.2, 0.25) is 0 Å². The van der Waals surface area contributed by atoms with Gasteiger partial charge in [0.15, 0.2) is 0 Å². The molecule has 2 rings (SSSR count). The standard InChI is InChI=1S/C11H15N5O/c1-3-17-10-6-4-5-9(15-10)14-8(2)11-12-7-13-16-11/h4-8H,3H2,1-2H3,(H,14,15)(H,12,13,16). The Labute approximate surface area is 99.4 Å². The number of pyridine rings is 1. The van der Waals surface area contributed by atoms with Crippen LogP contribution in [0.5, 0.6) is 5.88 Å². The van der Waals surface area contributed by atoms with Gasteiger partial charge in [0.2, 0.25) is 5.88 Å². The summed E-state index contributed by atoms with van der Waals surface area (Å²) in [6.45, 7) is 4.52. The van der Waals surface area contributed by atoms with Crippen molar-refractivity contribution < 1.29 is 4.74 Å². The highest BCUT2D eigenvalue weighted by atomic mass is 16.5. The average molecular weight is 233 g/mol. The smallest absolute Gasteiger partial charge is 0.215 e. The molecule has 0 amide bonds. The lowest BCUT2D eigenvalue weighted by Gasteiger charge is -2.12. The second kappa shape index (κ2) is 5.29. The topological polar surface area (TPSA) is 75.7 Å². The van der Waals surface area contributed by atoms with E-state index in [1.165, 1.54) is 6.33 Å². The monoisotopic (exact) mass is 233 g/mol. The van der Waals surface area contributed by atoms with Crippen LogP contribution in [0.4, 0.5) is 5.82 Å². The number of hydrogen-bond donors (Lipinski definition) is 2. The van der Waals surface area contributed by atoms with Crippen molar-refractivity contribution >= 4 is 5.82 Å². The van der Waals surface area contributed by atoms with Gasteiger partial charge >= 0.3 is 0 Å². The van der Waals surface area contributed by atoms with Gasteiger partial charge in [-0.15, -0.1) is 0 Å². The lowest BCUT2D eigenvalue weighted by Crippen LogP contribution is -2.10. The summed E-state index contributed by atoms with van der Waals surface area (Å²) < 4.78 is 5.33. The van der Waals surface area contributed by atoms with Crippen molar-refractivity contribution in [2.24, 2.45) is 0 Å². The lowest BCUT2D eigenvalue weighted by atomic mass is 10.3. The number of rotatable bonds is 5. The fourth-order valence-electron chi connectivity index (χ4n) is 1.44. The van der Waals surface area contributed by atoms with E-state index in [1.54, 1.807) is 0 Å². The molecule has 0 saturated carbocycles. The molecule has 90 valence electrons. The summed E-state index contributed by atoms with van der Waals surface area (Å²) in [6.07, 6.45) is 1.48. The zero-order valence-electron chi connectivity index (χ0n) is 9.84. The number of nitrogens with one attached hydrogen (secondary N) is 2. The predicted molar refractivity (Wildman–Crippen MR) is 63.8 cm³/mol. The maximum absolute atomic E-state index is 5.33. The zero-order valence-corrected chi connectivity index (χ0v) is 9.84. The normalized spacial score (nSPS) is 12.1. The molecule has 2 aromatic rings. The number of aromatic amines is 1. The van der Waals surface area contributed by atoms with E-state index in [1.807, 2.05) is 32.0 Å². The molecule has 0 bridgehead atoms. The fourth-order valence-corrected chi connectivity index (χ4v) is 1.44. The summed E-state index contributed by atoms with van der Waals surface area (Å²) in [5.41, 5.74) is 0. The maximum atomic E-state index is 5.33. The Morgan fingerprint density at radius 2 is 2.35 bits per heavy atom. The molecule has 6 heteroatoms.